The number of aliphatic hydroxyl groups is 1. The summed E-state index contributed by atoms with van der Waals surface area (Å²) in [5.41, 5.74) is 0.696. The Morgan fingerprint density at radius 3 is 2.20 bits per heavy atom. The number of hydrogen-bond acceptors (Lipinski definition) is 1. The first-order chi connectivity index (χ1) is 9.45. The van der Waals surface area contributed by atoms with Crippen LogP contribution in [0.3, 0.4) is 0 Å². The van der Waals surface area contributed by atoms with Crippen LogP contribution in [0.15, 0.2) is 24.3 Å². The van der Waals surface area contributed by atoms with Gasteiger partial charge in [0.2, 0.25) is 0 Å². The Hall–Kier alpha value is -0.890. The zero-order valence-corrected chi connectivity index (χ0v) is 12.9. The highest BCUT2D eigenvalue weighted by atomic mass is 19.1. The Kier molecular flexibility index (Phi) is 4.85. The van der Waals surface area contributed by atoms with Gasteiger partial charge in [0, 0.05) is 5.41 Å². The highest BCUT2D eigenvalue weighted by molar-refractivity contribution is 5.26. The number of rotatable bonds is 4. The van der Waals surface area contributed by atoms with E-state index in [4.69, 9.17) is 0 Å². The van der Waals surface area contributed by atoms with Crippen LogP contribution in [-0.4, -0.2) is 11.2 Å². The van der Waals surface area contributed by atoms with Gasteiger partial charge >= 0.3 is 0 Å². The lowest BCUT2D eigenvalue weighted by Gasteiger charge is -2.39. The molecule has 1 aromatic carbocycles. The maximum atomic E-state index is 13.1. The Labute approximate surface area is 122 Å². The molecule has 1 saturated carbocycles. The van der Waals surface area contributed by atoms with E-state index in [1.165, 1.54) is 31.4 Å². The molecule has 0 aromatic heterocycles. The Morgan fingerprint density at radius 1 is 1.15 bits per heavy atom. The first kappa shape index (κ1) is 15.5. The fourth-order valence-corrected chi connectivity index (χ4v) is 3.55. The molecule has 0 bridgehead atoms. The van der Waals surface area contributed by atoms with E-state index in [0.717, 1.165) is 24.3 Å². The van der Waals surface area contributed by atoms with Gasteiger partial charge in [-0.2, -0.15) is 0 Å². The lowest BCUT2D eigenvalue weighted by atomic mass is 9.69. The molecule has 1 N–H and O–H groups in total. The summed E-state index contributed by atoms with van der Waals surface area (Å²) in [5.74, 6) is 0.993. The summed E-state index contributed by atoms with van der Waals surface area (Å²) in [7, 11) is 0. The molecule has 1 atom stereocenters. The zero-order valence-electron chi connectivity index (χ0n) is 12.9. The van der Waals surface area contributed by atoms with E-state index in [9.17, 15) is 9.50 Å². The molecule has 0 spiro atoms. The second kappa shape index (κ2) is 6.26. The molecule has 1 fully saturated rings. The number of aliphatic hydroxyl groups excluding tert-OH is 1. The largest absolute Gasteiger partial charge is 0.392 e. The maximum absolute atomic E-state index is 13.1. The average Bonchev–Trinajstić information content (AvgIpc) is 2.47. The standard InChI is InChI=1S/C18H27FO/c1-4-13-5-7-14(8-6-13)17(20)18(2,3)15-9-11-16(19)12-10-15/h9-14,17,20H,4-8H2,1-3H3. The van der Waals surface area contributed by atoms with Crippen LogP contribution in [0.5, 0.6) is 0 Å². The van der Waals surface area contributed by atoms with Gasteiger partial charge in [-0.05, 0) is 42.4 Å². The van der Waals surface area contributed by atoms with Gasteiger partial charge in [0.1, 0.15) is 5.82 Å². The first-order valence-corrected chi connectivity index (χ1v) is 7.89. The molecule has 0 aliphatic heterocycles. The molecule has 0 saturated heterocycles. The highest BCUT2D eigenvalue weighted by Gasteiger charge is 2.37. The minimum absolute atomic E-state index is 0.220. The normalized spacial score (nSPS) is 25.4. The molecule has 1 unspecified atom stereocenters. The van der Waals surface area contributed by atoms with Gasteiger partial charge in [-0.1, -0.05) is 52.2 Å². The highest BCUT2D eigenvalue weighted by Crippen LogP contribution is 2.39. The van der Waals surface area contributed by atoms with Crippen LogP contribution in [0, 0.1) is 17.7 Å². The van der Waals surface area contributed by atoms with Crippen molar-refractivity contribution in [2.75, 3.05) is 0 Å². The van der Waals surface area contributed by atoms with Crippen LogP contribution in [0.25, 0.3) is 0 Å². The Bertz CT molecular complexity index is 416. The fraction of sp³-hybridized carbons (Fsp3) is 0.667. The van der Waals surface area contributed by atoms with E-state index >= 15 is 0 Å². The van der Waals surface area contributed by atoms with Gasteiger partial charge in [-0.25, -0.2) is 4.39 Å². The summed E-state index contributed by atoms with van der Waals surface area (Å²) in [6.07, 6.45) is 5.60. The van der Waals surface area contributed by atoms with E-state index in [2.05, 4.69) is 20.8 Å². The van der Waals surface area contributed by atoms with E-state index in [-0.39, 0.29) is 17.3 Å². The minimum atomic E-state index is -0.356. The minimum Gasteiger partial charge on any atom is -0.392 e. The maximum Gasteiger partial charge on any atom is 0.123 e. The van der Waals surface area contributed by atoms with E-state index in [1.54, 1.807) is 12.1 Å². The molecular formula is C18H27FO. The van der Waals surface area contributed by atoms with Gasteiger partial charge in [0.05, 0.1) is 6.10 Å². The molecule has 0 radical (unpaired) electrons. The molecular weight excluding hydrogens is 251 g/mol. The number of benzene rings is 1. The third kappa shape index (κ3) is 3.22. The topological polar surface area (TPSA) is 20.2 Å². The summed E-state index contributed by atoms with van der Waals surface area (Å²) < 4.78 is 13.1. The van der Waals surface area contributed by atoms with Gasteiger partial charge < -0.3 is 5.11 Å². The summed E-state index contributed by atoms with van der Waals surface area (Å²) >= 11 is 0. The predicted molar refractivity (Wildman–Crippen MR) is 81.2 cm³/mol. The van der Waals surface area contributed by atoms with Crippen molar-refractivity contribution in [1.29, 1.82) is 0 Å². The van der Waals surface area contributed by atoms with Crippen LogP contribution in [0.4, 0.5) is 4.39 Å². The van der Waals surface area contributed by atoms with Crippen molar-refractivity contribution >= 4 is 0 Å². The smallest absolute Gasteiger partial charge is 0.123 e. The molecule has 1 aliphatic carbocycles. The lowest BCUT2D eigenvalue weighted by Crippen LogP contribution is -2.41. The molecule has 1 aromatic rings. The van der Waals surface area contributed by atoms with Crippen molar-refractivity contribution in [3.8, 4) is 0 Å². The van der Waals surface area contributed by atoms with Crippen LogP contribution in [-0.2, 0) is 5.41 Å². The Balaban J connectivity index is 2.07. The van der Waals surface area contributed by atoms with Gasteiger partial charge in [0.25, 0.3) is 0 Å². The van der Waals surface area contributed by atoms with E-state index in [0.29, 0.717) is 5.92 Å². The van der Waals surface area contributed by atoms with Gasteiger partial charge in [-0.15, -0.1) is 0 Å². The molecule has 0 heterocycles. The molecule has 112 valence electrons. The monoisotopic (exact) mass is 278 g/mol. The molecule has 0 amide bonds. The number of hydrogen-bond donors (Lipinski definition) is 1. The molecule has 2 rings (SSSR count). The van der Waals surface area contributed by atoms with Crippen molar-refractivity contribution in [1.82, 2.24) is 0 Å². The predicted octanol–water partition coefficient (Wildman–Crippen LogP) is 4.68. The molecule has 2 heteroatoms. The average molecular weight is 278 g/mol. The summed E-state index contributed by atoms with van der Waals surface area (Å²) in [6.45, 7) is 6.39. The first-order valence-electron chi connectivity index (χ1n) is 7.89. The van der Waals surface area contributed by atoms with Crippen molar-refractivity contribution in [2.45, 2.75) is 64.4 Å². The SMILES string of the molecule is CCC1CCC(C(O)C(C)(C)c2ccc(F)cc2)CC1. The zero-order chi connectivity index (χ0) is 14.8. The second-order valence-electron chi connectivity index (χ2n) is 6.86. The van der Waals surface area contributed by atoms with Crippen LogP contribution >= 0.6 is 0 Å². The summed E-state index contributed by atoms with van der Waals surface area (Å²) in [4.78, 5) is 0. The van der Waals surface area contributed by atoms with Crippen molar-refractivity contribution < 1.29 is 9.50 Å². The summed E-state index contributed by atoms with van der Waals surface area (Å²) in [5, 5.41) is 10.8. The number of halogens is 1. The van der Waals surface area contributed by atoms with Crippen LogP contribution in [0.2, 0.25) is 0 Å². The summed E-state index contributed by atoms with van der Waals surface area (Å²) in [6, 6.07) is 6.57. The lowest BCUT2D eigenvalue weighted by molar-refractivity contribution is 0.0196. The second-order valence-corrected chi connectivity index (χ2v) is 6.86. The molecule has 1 aliphatic rings. The quantitative estimate of drug-likeness (QED) is 0.847. The van der Waals surface area contributed by atoms with Crippen LogP contribution in [0.1, 0.15) is 58.4 Å². The van der Waals surface area contributed by atoms with Gasteiger partial charge in [0.15, 0.2) is 0 Å². The van der Waals surface area contributed by atoms with E-state index < -0.39 is 0 Å². The van der Waals surface area contributed by atoms with Gasteiger partial charge in [-0.3, -0.25) is 0 Å². The third-order valence-electron chi connectivity index (χ3n) is 5.24. The van der Waals surface area contributed by atoms with Crippen LogP contribution < -0.4 is 0 Å². The van der Waals surface area contributed by atoms with Crippen molar-refractivity contribution in [3.05, 3.63) is 35.6 Å². The third-order valence-corrected chi connectivity index (χ3v) is 5.24. The molecule has 1 nitrogen and oxygen atoms in total. The molecule has 20 heavy (non-hydrogen) atoms. The van der Waals surface area contributed by atoms with E-state index in [1.807, 2.05) is 0 Å². The Morgan fingerprint density at radius 2 is 1.70 bits per heavy atom. The fourth-order valence-electron chi connectivity index (χ4n) is 3.55. The van der Waals surface area contributed by atoms with Crippen molar-refractivity contribution in [3.63, 3.8) is 0 Å². The van der Waals surface area contributed by atoms with Crippen molar-refractivity contribution in [2.24, 2.45) is 11.8 Å².